The molecule has 258 valence electrons. The van der Waals surface area contributed by atoms with Gasteiger partial charge in [0.25, 0.3) is 0 Å². The maximum atomic E-state index is 5.72. The first-order chi connectivity index (χ1) is 23.8. The predicted octanol–water partition coefficient (Wildman–Crippen LogP) is 2.60. The summed E-state index contributed by atoms with van der Waals surface area (Å²) in [6, 6.07) is 18.3. The standard InChI is InChI=1S/3C12H16N2O2/c3*1-2-10(14-6-4-13-5-7-14)12-11(3-1)15-8-9-16-12/h3*1-3,13H,4-9H2. The molecule has 3 aromatic carbocycles. The lowest BCUT2D eigenvalue weighted by atomic mass is 10.2. The molecule has 0 amide bonds. The van der Waals surface area contributed by atoms with E-state index in [0.717, 1.165) is 113 Å². The van der Waals surface area contributed by atoms with Gasteiger partial charge in [0.2, 0.25) is 0 Å². The normalized spacial score (nSPS) is 19.6. The van der Waals surface area contributed by atoms with Crippen LogP contribution in [0.3, 0.4) is 0 Å². The first kappa shape index (κ1) is 32.3. The number of para-hydroxylation sites is 3. The average Bonchev–Trinajstić information content (AvgIpc) is 3.19. The summed E-state index contributed by atoms with van der Waals surface area (Å²) in [5.41, 5.74) is 3.50. The fraction of sp³-hybridized carbons (Fsp3) is 0.500. The number of hydrogen-bond acceptors (Lipinski definition) is 12. The second-order valence-corrected chi connectivity index (χ2v) is 12.1. The lowest BCUT2D eigenvalue weighted by molar-refractivity contribution is 0.172. The van der Waals surface area contributed by atoms with Crippen LogP contribution < -0.4 is 59.1 Å². The van der Waals surface area contributed by atoms with Gasteiger partial charge in [0.15, 0.2) is 34.5 Å². The number of nitrogens with one attached hydrogen (secondary N) is 3. The van der Waals surface area contributed by atoms with Gasteiger partial charge in [-0.1, -0.05) is 18.2 Å². The molecule has 12 nitrogen and oxygen atoms in total. The Hall–Kier alpha value is -4.26. The van der Waals surface area contributed by atoms with Gasteiger partial charge in [-0.2, -0.15) is 0 Å². The van der Waals surface area contributed by atoms with Gasteiger partial charge in [0.05, 0.1) is 17.1 Å². The van der Waals surface area contributed by atoms with Gasteiger partial charge < -0.3 is 59.1 Å². The fourth-order valence-corrected chi connectivity index (χ4v) is 6.64. The smallest absolute Gasteiger partial charge is 0.184 e. The number of hydrogen-bond donors (Lipinski definition) is 3. The Morgan fingerprint density at radius 2 is 0.625 bits per heavy atom. The molecule has 9 rings (SSSR count). The molecule has 6 heterocycles. The van der Waals surface area contributed by atoms with Gasteiger partial charge in [-0.15, -0.1) is 0 Å². The third kappa shape index (κ3) is 7.72. The highest BCUT2D eigenvalue weighted by atomic mass is 16.6. The minimum Gasteiger partial charge on any atom is -0.486 e. The molecule has 12 heteroatoms. The molecule has 3 aromatic rings. The molecule has 3 fully saturated rings. The zero-order valence-electron chi connectivity index (χ0n) is 27.7. The van der Waals surface area contributed by atoms with Crippen molar-refractivity contribution in [1.29, 1.82) is 0 Å². The molecular weight excluding hydrogens is 612 g/mol. The summed E-state index contributed by atoms with van der Waals surface area (Å²) >= 11 is 0. The molecule has 0 radical (unpaired) electrons. The predicted molar refractivity (Wildman–Crippen MR) is 188 cm³/mol. The van der Waals surface area contributed by atoms with E-state index < -0.39 is 0 Å². The monoisotopic (exact) mass is 660 g/mol. The van der Waals surface area contributed by atoms with Crippen molar-refractivity contribution in [3.05, 3.63) is 54.6 Å². The second kappa shape index (κ2) is 16.2. The molecule has 3 N–H and O–H groups in total. The largest absolute Gasteiger partial charge is 0.486 e. The van der Waals surface area contributed by atoms with Crippen LogP contribution in [-0.2, 0) is 0 Å². The Morgan fingerprint density at radius 3 is 0.917 bits per heavy atom. The molecule has 0 atom stereocenters. The third-order valence-electron chi connectivity index (χ3n) is 9.01. The summed E-state index contributed by atoms with van der Waals surface area (Å²) in [5, 5.41) is 10.1. The van der Waals surface area contributed by atoms with E-state index in [1.54, 1.807) is 0 Å². The van der Waals surface area contributed by atoms with E-state index in [2.05, 4.69) is 48.8 Å². The maximum absolute atomic E-state index is 5.72. The van der Waals surface area contributed by atoms with Crippen LogP contribution in [0.4, 0.5) is 17.1 Å². The van der Waals surface area contributed by atoms with Crippen LogP contribution in [0.5, 0.6) is 34.5 Å². The first-order valence-electron chi connectivity index (χ1n) is 17.4. The summed E-state index contributed by atoms with van der Waals surface area (Å²) in [7, 11) is 0. The molecule has 0 saturated carbocycles. The summed E-state index contributed by atoms with van der Waals surface area (Å²) in [6.07, 6.45) is 0. The van der Waals surface area contributed by atoms with Crippen LogP contribution >= 0.6 is 0 Å². The van der Waals surface area contributed by atoms with Crippen LogP contribution in [0, 0.1) is 0 Å². The van der Waals surface area contributed by atoms with E-state index in [0.29, 0.717) is 39.6 Å². The van der Waals surface area contributed by atoms with E-state index in [1.807, 2.05) is 36.4 Å². The molecule has 0 spiro atoms. The van der Waals surface area contributed by atoms with E-state index in [4.69, 9.17) is 28.4 Å². The highest BCUT2D eigenvalue weighted by molar-refractivity contribution is 5.67. The summed E-state index contributed by atoms with van der Waals surface area (Å²) in [6.45, 7) is 16.3. The molecule has 0 aromatic heterocycles. The highest BCUT2D eigenvalue weighted by Gasteiger charge is 2.23. The molecule has 0 aliphatic carbocycles. The molecule has 48 heavy (non-hydrogen) atoms. The minimum absolute atomic E-state index is 0.649. The molecular formula is C36H48N6O6. The van der Waals surface area contributed by atoms with Crippen LogP contribution in [0.25, 0.3) is 0 Å². The van der Waals surface area contributed by atoms with Gasteiger partial charge in [0, 0.05) is 78.5 Å². The van der Waals surface area contributed by atoms with E-state index in [1.165, 1.54) is 17.1 Å². The van der Waals surface area contributed by atoms with Gasteiger partial charge in [-0.3, -0.25) is 0 Å². The van der Waals surface area contributed by atoms with E-state index >= 15 is 0 Å². The summed E-state index contributed by atoms with van der Waals surface area (Å²) < 4.78 is 33.9. The van der Waals surface area contributed by atoms with Crippen LogP contribution in [0.2, 0.25) is 0 Å². The van der Waals surface area contributed by atoms with Crippen LogP contribution in [0.1, 0.15) is 0 Å². The van der Waals surface area contributed by atoms with Gasteiger partial charge >= 0.3 is 0 Å². The Balaban J connectivity index is 0.000000114. The molecule has 0 bridgehead atoms. The second-order valence-electron chi connectivity index (χ2n) is 12.1. The quantitative estimate of drug-likeness (QED) is 0.385. The number of nitrogens with zero attached hydrogens (tertiary/aromatic N) is 3. The lowest BCUT2D eigenvalue weighted by Crippen LogP contribution is -2.43. The Morgan fingerprint density at radius 1 is 0.354 bits per heavy atom. The highest BCUT2D eigenvalue weighted by Crippen LogP contribution is 2.41. The van der Waals surface area contributed by atoms with Gasteiger partial charge in [-0.25, -0.2) is 0 Å². The van der Waals surface area contributed by atoms with Crippen molar-refractivity contribution < 1.29 is 28.4 Å². The summed E-state index contributed by atoms with van der Waals surface area (Å²) in [4.78, 5) is 7.05. The van der Waals surface area contributed by atoms with Crippen LogP contribution in [-0.4, -0.2) is 118 Å². The zero-order chi connectivity index (χ0) is 32.4. The third-order valence-corrected chi connectivity index (χ3v) is 9.01. The van der Waals surface area contributed by atoms with Crippen molar-refractivity contribution in [2.24, 2.45) is 0 Å². The van der Waals surface area contributed by atoms with Crippen molar-refractivity contribution in [2.45, 2.75) is 0 Å². The SMILES string of the molecule is c1cc2c(c(N3CCNCC3)c1)OCCO2.c1cc2c(c(N3CCNCC3)c1)OCCO2.c1cc2c(c(N3CCNCC3)c1)OCCO2. The molecule has 0 unspecified atom stereocenters. The van der Waals surface area contributed by atoms with Crippen molar-refractivity contribution in [3.63, 3.8) is 0 Å². The number of rotatable bonds is 3. The Kier molecular flexibility index (Phi) is 10.9. The number of fused-ring (bicyclic) bond motifs is 3. The lowest BCUT2D eigenvalue weighted by Gasteiger charge is -2.32. The Labute approximate surface area is 283 Å². The maximum Gasteiger partial charge on any atom is 0.184 e. The number of anilines is 3. The number of benzene rings is 3. The number of ether oxygens (including phenoxy) is 6. The fourth-order valence-electron chi connectivity index (χ4n) is 6.64. The first-order valence-corrected chi connectivity index (χ1v) is 17.4. The Bertz CT molecular complexity index is 1300. The van der Waals surface area contributed by atoms with Crippen molar-refractivity contribution in [1.82, 2.24) is 16.0 Å². The van der Waals surface area contributed by atoms with E-state index in [9.17, 15) is 0 Å². The van der Waals surface area contributed by atoms with Gasteiger partial charge in [-0.05, 0) is 36.4 Å². The average molecular weight is 661 g/mol. The van der Waals surface area contributed by atoms with Crippen molar-refractivity contribution in [2.75, 3.05) is 133 Å². The minimum atomic E-state index is 0.649. The summed E-state index contributed by atoms with van der Waals surface area (Å²) in [5.74, 6) is 5.37. The topological polar surface area (TPSA) is 101 Å². The molecule has 3 saturated heterocycles. The van der Waals surface area contributed by atoms with Gasteiger partial charge in [0.1, 0.15) is 39.6 Å². The van der Waals surface area contributed by atoms with E-state index in [-0.39, 0.29) is 0 Å². The van der Waals surface area contributed by atoms with Crippen molar-refractivity contribution in [3.8, 4) is 34.5 Å². The molecule has 6 aliphatic heterocycles. The number of piperazine rings is 3. The zero-order valence-corrected chi connectivity index (χ0v) is 27.7. The van der Waals surface area contributed by atoms with Crippen LogP contribution in [0.15, 0.2) is 54.6 Å². The molecule has 6 aliphatic rings. The van der Waals surface area contributed by atoms with Crippen molar-refractivity contribution >= 4 is 17.1 Å².